The zero-order valence-corrected chi connectivity index (χ0v) is 16.4. The first kappa shape index (κ1) is 17.0. The molecule has 0 amide bonds. The van der Waals surface area contributed by atoms with E-state index in [1.807, 2.05) is 13.8 Å². The van der Waals surface area contributed by atoms with Crippen LogP contribution in [0.5, 0.6) is 0 Å². The van der Waals surface area contributed by atoms with Crippen LogP contribution in [0.2, 0.25) is 5.32 Å². The first-order chi connectivity index (χ1) is 12.1. The maximum absolute atomic E-state index is 6.26. The number of hydrogen-bond acceptors (Lipinski definition) is 2. The van der Waals surface area contributed by atoms with Crippen LogP contribution < -0.4 is 4.46 Å². The van der Waals surface area contributed by atoms with Crippen molar-refractivity contribution in [1.29, 1.82) is 0 Å². The topological polar surface area (TPSA) is 21.5 Å². The molecule has 2 heterocycles. The second kappa shape index (κ2) is 7.05. The molecule has 3 nitrogen and oxygen atoms in total. The van der Waals surface area contributed by atoms with E-state index in [1.165, 1.54) is 10.0 Å². The van der Waals surface area contributed by atoms with Gasteiger partial charge in [-0.05, 0) is 0 Å². The molecule has 0 spiro atoms. The van der Waals surface area contributed by atoms with Crippen molar-refractivity contribution >= 4 is 25.6 Å². The van der Waals surface area contributed by atoms with Gasteiger partial charge in [-0.3, -0.25) is 0 Å². The SMILES string of the molecule is CC1(C)O[C@H]2C=[N+](Cc3ccccc3)C(C[Se]c3ccccc3)[C@H]2O1. The standard InChI is InChI=1S/C21H24NO2Se/c1-21(2)23-19-14-22(13-16-9-5-3-6-10-16)18(20(19)24-21)15-25-17-11-7-4-8-12-17/h3-12,14,18-20H,13,15H2,1-2H3/q+1/t18?,19-,20+/m0/s1. The molecule has 0 N–H and O–H groups in total. The van der Waals surface area contributed by atoms with Crippen LogP contribution in [0.25, 0.3) is 0 Å². The number of nitrogens with zero attached hydrogens (tertiary/aromatic N) is 1. The molecule has 1 unspecified atom stereocenters. The third-order valence-electron chi connectivity index (χ3n) is 4.68. The first-order valence-corrected chi connectivity index (χ1v) is 10.9. The van der Waals surface area contributed by atoms with Gasteiger partial charge in [-0.1, -0.05) is 0 Å². The van der Waals surface area contributed by atoms with Crippen molar-refractivity contribution < 1.29 is 14.0 Å². The summed E-state index contributed by atoms with van der Waals surface area (Å²) < 4.78 is 16.2. The minimum atomic E-state index is -0.483. The van der Waals surface area contributed by atoms with Crippen LogP contribution in [-0.2, 0) is 16.0 Å². The van der Waals surface area contributed by atoms with E-state index >= 15 is 0 Å². The summed E-state index contributed by atoms with van der Waals surface area (Å²) in [4.78, 5) is 0. The Kier molecular flexibility index (Phi) is 4.79. The van der Waals surface area contributed by atoms with Crippen LogP contribution in [0.15, 0.2) is 60.7 Å². The van der Waals surface area contributed by atoms with Gasteiger partial charge in [0.2, 0.25) is 0 Å². The fraction of sp³-hybridized carbons (Fsp3) is 0.381. The fourth-order valence-electron chi connectivity index (χ4n) is 3.57. The van der Waals surface area contributed by atoms with E-state index in [4.69, 9.17) is 9.47 Å². The molecule has 4 heteroatoms. The van der Waals surface area contributed by atoms with Crippen molar-refractivity contribution in [3.63, 3.8) is 0 Å². The monoisotopic (exact) mass is 402 g/mol. The number of ether oxygens (including phenoxy) is 2. The molecule has 3 atom stereocenters. The molecule has 2 aromatic carbocycles. The van der Waals surface area contributed by atoms with Crippen LogP contribution >= 0.6 is 0 Å². The third kappa shape index (κ3) is 3.88. The first-order valence-electron chi connectivity index (χ1n) is 8.79. The van der Waals surface area contributed by atoms with Gasteiger partial charge in [-0.15, -0.1) is 0 Å². The van der Waals surface area contributed by atoms with Gasteiger partial charge in [0, 0.05) is 0 Å². The Labute approximate surface area is 155 Å². The van der Waals surface area contributed by atoms with Gasteiger partial charge >= 0.3 is 156 Å². The van der Waals surface area contributed by atoms with Gasteiger partial charge in [0.05, 0.1) is 0 Å². The van der Waals surface area contributed by atoms with E-state index < -0.39 is 5.79 Å². The van der Waals surface area contributed by atoms with Gasteiger partial charge in [0.25, 0.3) is 0 Å². The molecule has 0 saturated carbocycles. The summed E-state index contributed by atoms with van der Waals surface area (Å²) in [6.45, 7) is 4.94. The van der Waals surface area contributed by atoms with Crippen molar-refractivity contribution in [3.05, 3.63) is 66.2 Å². The van der Waals surface area contributed by atoms with Crippen LogP contribution in [0.4, 0.5) is 0 Å². The molecule has 0 bridgehead atoms. The molecule has 0 radical (unpaired) electrons. The molecule has 2 aliphatic heterocycles. The average Bonchev–Trinajstić information content (AvgIpc) is 3.06. The predicted octanol–water partition coefficient (Wildman–Crippen LogP) is 2.62. The van der Waals surface area contributed by atoms with Crippen LogP contribution in [-0.4, -0.2) is 49.8 Å². The van der Waals surface area contributed by atoms with E-state index in [9.17, 15) is 0 Å². The van der Waals surface area contributed by atoms with Crippen LogP contribution in [0.3, 0.4) is 0 Å². The molecule has 1 saturated heterocycles. The summed E-state index contributed by atoms with van der Waals surface area (Å²) in [5.41, 5.74) is 1.33. The van der Waals surface area contributed by atoms with E-state index in [-0.39, 0.29) is 12.2 Å². The Morgan fingerprint density at radius 2 is 1.64 bits per heavy atom. The molecular weight excluding hydrogens is 377 g/mol. The van der Waals surface area contributed by atoms with Gasteiger partial charge < -0.3 is 0 Å². The van der Waals surface area contributed by atoms with Gasteiger partial charge in [-0.25, -0.2) is 0 Å². The number of rotatable bonds is 5. The molecule has 130 valence electrons. The Morgan fingerprint density at radius 1 is 0.960 bits per heavy atom. The Bertz CT molecular complexity index is 745. The number of hydrogen-bond donors (Lipinski definition) is 0. The second-order valence-corrected chi connectivity index (χ2v) is 9.36. The molecule has 4 rings (SSSR count). The van der Waals surface area contributed by atoms with Crippen LogP contribution in [0, 0.1) is 0 Å². The van der Waals surface area contributed by atoms with Crippen molar-refractivity contribution in [2.45, 2.75) is 49.7 Å². The van der Waals surface area contributed by atoms with Gasteiger partial charge in [-0.2, -0.15) is 0 Å². The third-order valence-corrected chi connectivity index (χ3v) is 7.02. The van der Waals surface area contributed by atoms with Gasteiger partial charge in [0.15, 0.2) is 0 Å². The minimum absolute atomic E-state index is 0.0651. The molecule has 2 aromatic rings. The van der Waals surface area contributed by atoms with Crippen LogP contribution in [0.1, 0.15) is 19.4 Å². The summed E-state index contributed by atoms with van der Waals surface area (Å²) in [6, 6.07) is 21.8. The molecule has 1 fully saturated rings. The second-order valence-electron chi connectivity index (χ2n) is 7.06. The average molecular weight is 401 g/mol. The Hall–Kier alpha value is -1.45. The van der Waals surface area contributed by atoms with Crippen molar-refractivity contribution in [1.82, 2.24) is 0 Å². The fourth-order valence-corrected chi connectivity index (χ4v) is 5.87. The quantitative estimate of drug-likeness (QED) is 0.568. The summed E-state index contributed by atoms with van der Waals surface area (Å²) in [5.74, 6) is -0.483. The Morgan fingerprint density at radius 3 is 2.36 bits per heavy atom. The summed E-state index contributed by atoms with van der Waals surface area (Å²) >= 11 is 0.430. The summed E-state index contributed by atoms with van der Waals surface area (Å²) in [7, 11) is 0. The summed E-state index contributed by atoms with van der Waals surface area (Å²) in [5, 5.41) is 1.13. The predicted molar refractivity (Wildman–Crippen MR) is 101 cm³/mol. The summed E-state index contributed by atoms with van der Waals surface area (Å²) in [6.07, 6.45) is 2.44. The molecule has 2 aliphatic rings. The van der Waals surface area contributed by atoms with Gasteiger partial charge in [0.1, 0.15) is 0 Å². The molecule has 0 aliphatic carbocycles. The molecule has 25 heavy (non-hydrogen) atoms. The van der Waals surface area contributed by atoms with E-state index in [2.05, 4.69) is 71.5 Å². The van der Waals surface area contributed by atoms with E-state index in [0.717, 1.165) is 11.9 Å². The maximum atomic E-state index is 6.26. The number of fused-ring (bicyclic) bond motifs is 1. The van der Waals surface area contributed by atoms with Crippen molar-refractivity contribution in [3.8, 4) is 0 Å². The van der Waals surface area contributed by atoms with E-state index in [1.54, 1.807) is 0 Å². The molecule has 0 aromatic heterocycles. The normalized spacial score (nSPS) is 27.1. The number of benzene rings is 2. The zero-order chi connectivity index (χ0) is 17.3. The van der Waals surface area contributed by atoms with Crippen molar-refractivity contribution in [2.24, 2.45) is 0 Å². The molecular formula is C21H24NO2Se+. The zero-order valence-electron chi connectivity index (χ0n) is 14.7. The Balaban J connectivity index is 1.53. The van der Waals surface area contributed by atoms with Crippen molar-refractivity contribution in [2.75, 3.05) is 0 Å². The van der Waals surface area contributed by atoms with E-state index in [0.29, 0.717) is 21.0 Å².